The van der Waals surface area contributed by atoms with Crippen molar-refractivity contribution in [1.29, 1.82) is 0 Å². The topological polar surface area (TPSA) is 53.6 Å². The lowest BCUT2D eigenvalue weighted by molar-refractivity contribution is 0.601. The van der Waals surface area contributed by atoms with Crippen molar-refractivity contribution >= 4 is 47.2 Å². The monoisotopic (exact) mass is 436 g/mol. The van der Waals surface area contributed by atoms with Crippen molar-refractivity contribution in [3.63, 3.8) is 0 Å². The first-order valence-electron chi connectivity index (χ1n) is 7.65. The van der Waals surface area contributed by atoms with Crippen LogP contribution in [0.2, 0.25) is 5.02 Å². The van der Waals surface area contributed by atoms with Gasteiger partial charge in [-0.3, -0.25) is 4.99 Å². The highest BCUT2D eigenvalue weighted by Gasteiger charge is 2.23. The van der Waals surface area contributed by atoms with E-state index in [4.69, 9.17) is 17.3 Å². The van der Waals surface area contributed by atoms with E-state index in [0.717, 1.165) is 44.0 Å². The van der Waals surface area contributed by atoms with E-state index in [1.165, 1.54) is 11.3 Å². The summed E-state index contributed by atoms with van der Waals surface area (Å²) in [5, 5.41) is 3.91. The third kappa shape index (κ3) is 5.50. The number of halogens is 2. The summed E-state index contributed by atoms with van der Waals surface area (Å²) < 4.78 is 0. The summed E-state index contributed by atoms with van der Waals surface area (Å²) in [6.07, 6.45) is 2.21. The summed E-state index contributed by atoms with van der Waals surface area (Å²) in [5.41, 5.74) is 8.35. The van der Waals surface area contributed by atoms with Gasteiger partial charge in [-0.05, 0) is 43.4 Å². The predicted octanol–water partition coefficient (Wildman–Crippen LogP) is 3.41. The maximum absolute atomic E-state index is 6.11. The molecule has 0 saturated carbocycles. The number of nitrogens with zero attached hydrogens (tertiary/aromatic N) is 2. The zero-order valence-electron chi connectivity index (χ0n) is 13.3. The zero-order valence-corrected chi connectivity index (χ0v) is 16.4. The Morgan fingerprint density at radius 2 is 2.27 bits per heavy atom. The van der Waals surface area contributed by atoms with Crippen LogP contribution in [0.25, 0.3) is 0 Å². The standard InChI is InChI=1S/C16H25ClN4.HI/c1-3-7-19-16(18)20-10-13-6-8-21(11-13)15-9-14(17)5-4-12(15)2;/h4-5,9,13H,3,6-8,10-11H2,1-2H3,(H3,18,19,20);1H. The van der Waals surface area contributed by atoms with E-state index in [-0.39, 0.29) is 24.0 Å². The Morgan fingerprint density at radius 1 is 1.50 bits per heavy atom. The molecule has 124 valence electrons. The largest absolute Gasteiger partial charge is 0.371 e. The van der Waals surface area contributed by atoms with Crippen LogP contribution in [0.1, 0.15) is 25.3 Å². The molecule has 1 saturated heterocycles. The molecule has 1 unspecified atom stereocenters. The van der Waals surface area contributed by atoms with Gasteiger partial charge in [-0.15, -0.1) is 24.0 Å². The van der Waals surface area contributed by atoms with E-state index < -0.39 is 0 Å². The number of hydrogen-bond donors (Lipinski definition) is 2. The van der Waals surface area contributed by atoms with Gasteiger partial charge in [0.05, 0.1) is 0 Å². The molecule has 1 fully saturated rings. The second kappa shape index (κ2) is 9.45. The zero-order chi connectivity index (χ0) is 15.2. The highest BCUT2D eigenvalue weighted by molar-refractivity contribution is 14.0. The first-order chi connectivity index (χ1) is 10.1. The number of aryl methyl sites for hydroxylation is 1. The fourth-order valence-electron chi connectivity index (χ4n) is 2.66. The fourth-order valence-corrected chi connectivity index (χ4v) is 2.83. The number of guanidine groups is 1. The van der Waals surface area contributed by atoms with Crippen molar-refractivity contribution in [3.8, 4) is 0 Å². The van der Waals surface area contributed by atoms with Crippen molar-refractivity contribution in [2.45, 2.75) is 26.7 Å². The predicted molar refractivity (Wildman–Crippen MR) is 107 cm³/mol. The molecular formula is C16H26ClIN4. The second-order valence-corrected chi connectivity index (χ2v) is 6.12. The maximum atomic E-state index is 6.11. The third-order valence-electron chi connectivity index (χ3n) is 3.87. The summed E-state index contributed by atoms with van der Waals surface area (Å²) >= 11 is 6.11. The fraction of sp³-hybridized carbons (Fsp3) is 0.562. The van der Waals surface area contributed by atoms with Gasteiger partial charge in [0.15, 0.2) is 5.96 Å². The Bertz CT molecular complexity index is 507. The van der Waals surface area contributed by atoms with Crippen molar-refractivity contribution in [2.75, 3.05) is 31.1 Å². The van der Waals surface area contributed by atoms with Crippen LogP contribution >= 0.6 is 35.6 Å². The van der Waals surface area contributed by atoms with Crippen LogP contribution in [0.4, 0.5) is 5.69 Å². The van der Waals surface area contributed by atoms with Crippen LogP contribution < -0.4 is 16.0 Å². The molecule has 1 aromatic rings. The van der Waals surface area contributed by atoms with Gasteiger partial charge in [-0.2, -0.15) is 0 Å². The van der Waals surface area contributed by atoms with Gasteiger partial charge in [0.2, 0.25) is 0 Å². The van der Waals surface area contributed by atoms with E-state index in [2.05, 4.69) is 41.2 Å². The Morgan fingerprint density at radius 3 is 3.00 bits per heavy atom. The number of rotatable bonds is 5. The van der Waals surface area contributed by atoms with E-state index in [1.54, 1.807) is 0 Å². The van der Waals surface area contributed by atoms with Crippen LogP contribution in [-0.4, -0.2) is 32.1 Å². The molecule has 3 N–H and O–H groups in total. The van der Waals surface area contributed by atoms with Crippen LogP contribution in [0, 0.1) is 12.8 Å². The van der Waals surface area contributed by atoms with E-state index >= 15 is 0 Å². The quantitative estimate of drug-likeness (QED) is 0.422. The van der Waals surface area contributed by atoms with E-state index in [0.29, 0.717) is 11.9 Å². The minimum atomic E-state index is 0. The highest BCUT2D eigenvalue weighted by Crippen LogP contribution is 2.29. The summed E-state index contributed by atoms with van der Waals surface area (Å²) in [7, 11) is 0. The van der Waals surface area contributed by atoms with Crippen LogP contribution in [-0.2, 0) is 0 Å². The number of nitrogens with two attached hydrogens (primary N) is 1. The Kier molecular flexibility index (Phi) is 8.31. The normalized spacial score (nSPS) is 18.2. The number of nitrogens with one attached hydrogen (secondary N) is 1. The molecule has 1 aliphatic heterocycles. The average Bonchev–Trinajstić information content (AvgIpc) is 2.94. The van der Waals surface area contributed by atoms with Gasteiger partial charge in [0.25, 0.3) is 0 Å². The SMILES string of the molecule is CCCNC(N)=NCC1CCN(c2cc(Cl)ccc2C)C1.I. The smallest absolute Gasteiger partial charge is 0.188 e. The van der Waals surface area contributed by atoms with Gasteiger partial charge >= 0.3 is 0 Å². The first-order valence-corrected chi connectivity index (χ1v) is 8.02. The lowest BCUT2D eigenvalue weighted by Crippen LogP contribution is -2.33. The van der Waals surface area contributed by atoms with Gasteiger partial charge in [0.1, 0.15) is 0 Å². The summed E-state index contributed by atoms with van der Waals surface area (Å²) in [6.45, 7) is 7.99. The second-order valence-electron chi connectivity index (χ2n) is 5.68. The van der Waals surface area contributed by atoms with Crippen LogP contribution in [0.5, 0.6) is 0 Å². The highest BCUT2D eigenvalue weighted by atomic mass is 127. The Labute approximate surface area is 155 Å². The molecule has 0 amide bonds. The first kappa shape index (κ1) is 19.4. The molecule has 6 heteroatoms. The number of aliphatic imine (C=N–C) groups is 1. The molecule has 1 atom stereocenters. The molecular weight excluding hydrogens is 411 g/mol. The van der Waals surface area contributed by atoms with Crippen molar-refractivity contribution in [3.05, 3.63) is 28.8 Å². The van der Waals surface area contributed by atoms with Crippen molar-refractivity contribution in [1.82, 2.24) is 5.32 Å². The minimum Gasteiger partial charge on any atom is -0.371 e. The molecule has 0 aromatic heterocycles. The lowest BCUT2D eigenvalue weighted by atomic mass is 10.1. The van der Waals surface area contributed by atoms with Gasteiger partial charge < -0.3 is 16.0 Å². The minimum absolute atomic E-state index is 0. The molecule has 0 bridgehead atoms. The summed E-state index contributed by atoms with van der Waals surface area (Å²) in [4.78, 5) is 6.84. The molecule has 2 rings (SSSR count). The van der Waals surface area contributed by atoms with Gasteiger partial charge in [-0.25, -0.2) is 0 Å². The summed E-state index contributed by atoms with van der Waals surface area (Å²) in [5.74, 6) is 1.12. The van der Waals surface area contributed by atoms with Crippen LogP contribution in [0.15, 0.2) is 23.2 Å². The van der Waals surface area contributed by atoms with E-state index in [9.17, 15) is 0 Å². The Hall–Kier alpha value is -0.690. The van der Waals surface area contributed by atoms with Crippen molar-refractivity contribution < 1.29 is 0 Å². The summed E-state index contributed by atoms with van der Waals surface area (Å²) in [6, 6.07) is 6.08. The number of hydrogen-bond acceptors (Lipinski definition) is 2. The molecule has 0 aliphatic carbocycles. The molecule has 0 radical (unpaired) electrons. The van der Waals surface area contributed by atoms with Gasteiger partial charge in [0, 0.05) is 36.9 Å². The average molecular weight is 437 g/mol. The van der Waals surface area contributed by atoms with Crippen LogP contribution in [0.3, 0.4) is 0 Å². The van der Waals surface area contributed by atoms with Gasteiger partial charge in [-0.1, -0.05) is 24.6 Å². The number of benzene rings is 1. The molecule has 1 heterocycles. The Balaban J connectivity index is 0.00000242. The molecule has 1 aliphatic rings. The lowest BCUT2D eigenvalue weighted by Gasteiger charge is -2.21. The maximum Gasteiger partial charge on any atom is 0.188 e. The molecule has 22 heavy (non-hydrogen) atoms. The number of anilines is 1. The molecule has 0 spiro atoms. The molecule has 1 aromatic carbocycles. The molecule has 4 nitrogen and oxygen atoms in total. The van der Waals surface area contributed by atoms with E-state index in [1.807, 2.05) is 6.07 Å². The third-order valence-corrected chi connectivity index (χ3v) is 4.11. The van der Waals surface area contributed by atoms with Crippen molar-refractivity contribution in [2.24, 2.45) is 16.6 Å².